The van der Waals surface area contributed by atoms with Gasteiger partial charge in [-0.3, -0.25) is 9.48 Å². The Kier molecular flexibility index (Phi) is 4.29. The highest BCUT2D eigenvalue weighted by atomic mass is 16.2. The lowest BCUT2D eigenvalue weighted by molar-refractivity contribution is -0.136. The number of likely N-dealkylation sites (tertiary alicyclic amines) is 1. The summed E-state index contributed by atoms with van der Waals surface area (Å²) < 4.78 is 1.82. The van der Waals surface area contributed by atoms with Crippen LogP contribution in [0.1, 0.15) is 37.7 Å². The number of aromatic nitrogens is 2. The van der Waals surface area contributed by atoms with E-state index in [1.54, 1.807) is 0 Å². The molecule has 21 heavy (non-hydrogen) atoms. The van der Waals surface area contributed by atoms with Crippen molar-refractivity contribution >= 4 is 5.91 Å². The van der Waals surface area contributed by atoms with Crippen molar-refractivity contribution in [2.24, 2.45) is 18.9 Å². The number of hydrogen-bond acceptors (Lipinski definition) is 3. The first-order chi connectivity index (χ1) is 10.2. The number of piperidine rings is 1. The number of rotatable bonds is 3. The van der Waals surface area contributed by atoms with Crippen molar-refractivity contribution in [3.05, 3.63) is 18.0 Å². The van der Waals surface area contributed by atoms with Gasteiger partial charge in [-0.25, -0.2) is 0 Å². The fourth-order valence-electron chi connectivity index (χ4n) is 3.72. The van der Waals surface area contributed by atoms with Crippen molar-refractivity contribution in [2.45, 2.75) is 32.1 Å². The molecule has 1 amide bonds. The van der Waals surface area contributed by atoms with Gasteiger partial charge in [0.25, 0.3) is 0 Å². The van der Waals surface area contributed by atoms with Crippen molar-refractivity contribution in [2.75, 3.05) is 26.2 Å². The molecule has 5 nitrogen and oxygen atoms in total. The summed E-state index contributed by atoms with van der Waals surface area (Å²) in [6.45, 7) is 5.81. The lowest BCUT2D eigenvalue weighted by Crippen LogP contribution is -2.43. The molecule has 3 heterocycles. The zero-order chi connectivity index (χ0) is 14.8. The van der Waals surface area contributed by atoms with Gasteiger partial charge in [-0.2, -0.15) is 5.10 Å². The number of aryl methyl sites for hydroxylation is 1. The minimum atomic E-state index is 0.0763. The molecule has 3 rings (SSSR count). The van der Waals surface area contributed by atoms with Crippen LogP contribution in [0, 0.1) is 11.8 Å². The first kappa shape index (κ1) is 14.6. The molecule has 1 aromatic heterocycles. The van der Waals surface area contributed by atoms with Gasteiger partial charge in [0.1, 0.15) is 0 Å². The normalized spacial score (nSPS) is 27.2. The maximum absolute atomic E-state index is 12.8. The van der Waals surface area contributed by atoms with Crippen LogP contribution in [-0.4, -0.2) is 46.8 Å². The Morgan fingerprint density at radius 2 is 2.14 bits per heavy atom. The third-order valence-electron chi connectivity index (χ3n) is 5.19. The number of hydrogen-bond donors (Lipinski definition) is 1. The minimum Gasteiger partial charge on any atom is -0.342 e. The molecule has 0 radical (unpaired) electrons. The molecule has 116 valence electrons. The Morgan fingerprint density at radius 3 is 2.76 bits per heavy atom. The molecule has 0 saturated carbocycles. The molecule has 0 aliphatic carbocycles. The van der Waals surface area contributed by atoms with Gasteiger partial charge >= 0.3 is 0 Å². The van der Waals surface area contributed by atoms with Gasteiger partial charge < -0.3 is 10.2 Å². The molecule has 0 aromatic carbocycles. The fourth-order valence-corrected chi connectivity index (χ4v) is 3.72. The number of carbonyl (C=O) groups is 1. The van der Waals surface area contributed by atoms with Crippen LogP contribution in [0.2, 0.25) is 0 Å². The molecule has 0 bridgehead atoms. The summed E-state index contributed by atoms with van der Waals surface area (Å²) in [5.41, 5.74) is 1.18. The predicted octanol–water partition coefficient (Wildman–Crippen LogP) is 1.37. The quantitative estimate of drug-likeness (QED) is 0.915. The molecule has 2 aliphatic heterocycles. The second kappa shape index (κ2) is 6.18. The maximum Gasteiger partial charge on any atom is 0.227 e. The average Bonchev–Trinajstić information content (AvgIpc) is 3.15. The van der Waals surface area contributed by atoms with E-state index in [2.05, 4.69) is 22.2 Å². The summed E-state index contributed by atoms with van der Waals surface area (Å²) in [7, 11) is 1.93. The number of nitrogens with zero attached hydrogens (tertiary/aromatic N) is 3. The summed E-state index contributed by atoms with van der Waals surface area (Å²) >= 11 is 0. The SMILES string of the molecule is CCC1CCN(C(=O)[C@H]2CNC[C@@H]2c2cnn(C)c2)CC1. The molecule has 1 N–H and O–H groups in total. The van der Waals surface area contributed by atoms with Gasteiger partial charge in [0.2, 0.25) is 5.91 Å². The highest BCUT2D eigenvalue weighted by Gasteiger charge is 2.37. The predicted molar refractivity (Wildman–Crippen MR) is 81.9 cm³/mol. The topological polar surface area (TPSA) is 50.2 Å². The smallest absolute Gasteiger partial charge is 0.227 e. The standard InChI is InChI=1S/C16H26N4O/c1-3-12-4-6-20(7-5-12)16(21)15-10-17-9-14(15)13-8-18-19(2)11-13/h8,11-12,14-15,17H,3-7,9-10H2,1-2H3/t14-,15+/m1/s1. The van der Waals surface area contributed by atoms with Gasteiger partial charge in [-0.15, -0.1) is 0 Å². The molecule has 2 saturated heterocycles. The van der Waals surface area contributed by atoms with E-state index in [4.69, 9.17) is 0 Å². The Bertz CT molecular complexity index is 490. The molecule has 0 spiro atoms. The molecule has 2 atom stereocenters. The Labute approximate surface area is 126 Å². The van der Waals surface area contributed by atoms with Crippen LogP contribution in [0.3, 0.4) is 0 Å². The summed E-state index contributed by atoms with van der Waals surface area (Å²) in [6, 6.07) is 0. The second-order valence-corrected chi connectivity index (χ2v) is 6.50. The van der Waals surface area contributed by atoms with E-state index in [0.29, 0.717) is 5.91 Å². The van der Waals surface area contributed by atoms with Gasteiger partial charge in [-0.1, -0.05) is 13.3 Å². The molecular weight excluding hydrogens is 264 g/mol. The van der Waals surface area contributed by atoms with Crippen LogP contribution < -0.4 is 5.32 Å². The summed E-state index contributed by atoms with van der Waals surface area (Å²) in [5, 5.41) is 7.64. The maximum atomic E-state index is 12.8. The second-order valence-electron chi connectivity index (χ2n) is 6.50. The van der Waals surface area contributed by atoms with E-state index in [1.165, 1.54) is 24.8 Å². The monoisotopic (exact) mass is 290 g/mol. The Hall–Kier alpha value is -1.36. The van der Waals surface area contributed by atoms with Gasteiger partial charge in [0.15, 0.2) is 0 Å². The lowest BCUT2D eigenvalue weighted by atomic mass is 9.88. The molecule has 2 fully saturated rings. The highest BCUT2D eigenvalue weighted by molar-refractivity contribution is 5.80. The Balaban J connectivity index is 1.66. The summed E-state index contributed by atoms with van der Waals surface area (Å²) in [5.74, 6) is 1.50. The summed E-state index contributed by atoms with van der Waals surface area (Å²) in [4.78, 5) is 14.9. The lowest BCUT2D eigenvalue weighted by Gasteiger charge is -2.34. The van der Waals surface area contributed by atoms with E-state index < -0.39 is 0 Å². The third kappa shape index (κ3) is 2.98. The first-order valence-corrected chi connectivity index (χ1v) is 8.17. The van der Waals surface area contributed by atoms with Crippen molar-refractivity contribution < 1.29 is 4.79 Å². The van der Waals surface area contributed by atoms with Crippen LogP contribution in [0.25, 0.3) is 0 Å². The van der Waals surface area contributed by atoms with Crippen LogP contribution in [0.15, 0.2) is 12.4 Å². The van der Waals surface area contributed by atoms with Crippen molar-refractivity contribution in [3.8, 4) is 0 Å². The van der Waals surface area contributed by atoms with Crippen LogP contribution >= 0.6 is 0 Å². The number of carbonyl (C=O) groups excluding carboxylic acids is 1. The van der Waals surface area contributed by atoms with Crippen LogP contribution in [0.5, 0.6) is 0 Å². The van der Waals surface area contributed by atoms with Crippen LogP contribution in [0.4, 0.5) is 0 Å². The zero-order valence-electron chi connectivity index (χ0n) is 13.1. The highest BCUT2D eigenvalue weighted by Crippen LogP contribution is 2.31. The van der Waals surface area contributed by atoms with E-state index >= 15 is 0 Å². The average molecular weight is 290 g/mol. The summed E-state index contributed by atoms with van der Waals surface area (Å²) in [6.07, 6.45) is 7.52. The van der Waals surface area contributed by atoms with E-state index in [9.17, 15) is 4.79 Å². The molecule has 0 unspecified atom stereocenters. The number of amides is 1. The zero-order valence-corrected chi connectivity index (χ0v) is 13.1. The van der Waals surface area contributed by atoms with E-state index in [-0.39, 0.29) is 11.8 Å². The molecule has 5 heteroatoms. The third-order valence-corrected chi connectivity index (χ3v) is 5.19. The molecule has 2 aliphatic rings. The van der Waals surface area contributed by atoms with Gasteiger partial charge in [-0.05, 0) is 24.3 Å². The Morgan fingerprint density at radius 1 is 1.38 bits per heavy atom. The van der Waals surface area contributed by atoms with Crippen molar-refractivity contribution in [3.63, 3.8) is 0 Å². The van der Waals surface area contributed by atoms with Gasteiger partial charge in [0, 0.05) is 45.3 Å². The van der Waals surface area contributed by atoms with E-state index in [1.807, 2.05) is 24.1 Å². The van der Waals surface area contributed by atoms with Crippen LogP contribution in [-0.2, 0) is 11.8 Å². The van der Waals surface area contributed by atoms with E-state index in [0.717, 1.165) is 32.1 Å². The number of nitrogens with one attached hydrogen (secondary N) is 1. The first-order valence-electron chi connectivity index (χ1n) is 8.17. The molecular formula is C16H26N4O. The molecule has 1 aromatic rings. The minimum absolute atomic E-state index is 0.0763. The van der Waals surface area contributed by atoms with Gasteiger partial charge in [0.05, 0.1) is 12.1 Å². The van der Waals surface area contributed by atoms with Crippen molar-refractivity contribution in [1.29, 1.82) is 0 Å². The van der Waals surface area contributed by atoms with Crippen molar-refractivity contribution in [1.82, 2.24) is 20.0 Å². The fraction of sp³-hybridized carbons (Fsp3) is 0.750. The largest absolute Gasteiger partial charge is 0.342 e.